The maximum atomic E-state index is 12.3. The predicted molar refractivity (Wildman–Crippen MR) is 86.4 cm³/mol. The summed E-state index contributed by atoms with van der Waals surface area (Å²) in [4.78, 5) is 0.0444. The van der Waals surface area contributed by atoms with Crippen LogP contribution >= 0.6 is 15.9 Å². The molecule has 118 valence electrons. The second-order valence-corrected chi connectivity index (χ2v) is 8.30. The molecule has 1 saturated carbocycles. The van der Waals surface area contributed by atoms with Crippen LogP contribution in [0.1, 0.15) is 38.5 Å². The summed E-state index contributed by atoms with van der Waals surface area (Å²) in [5.41, 5.74) is 5.00. The number of aliphatic hydroxyl groups is 1. The normalized spacial score (nSPS) is 19.1. The smallest absolute Gasteiger partial charge is 0.242 e. The van der Waals surface area contributed by atoms with Gasteiger partial charge in [0.05, 0.1) is 11.3 Å². The molecular weight excluding hydrogens is 356 g/mol. The molecule has 7 heteroatoms. The van der Waals surface area contributed by atoms with E-state index in [1.807, 2.05) is 0 Å². The van der Waals surface area contributed by atoms with Crippen molar-refractivity contribution >= 4 is 31.6 Å². The van der Waals surface area contributed by atoms with Crippen molar-refractivity contribution in [3.05, 3.63) is 22.7 Å². The first-order valence-electron chi connectivity index (χ1n) is 7.10. The number of benzene rings is 1. The third-order valence-electron chi connectivity index (χ3n) is 3.89. The lowest BCUT2D eigenvalue weighted by Gasteiger charge is -2.26. The zero-order valence-corrected chi connectivity index (χ0v) is 14.2. The Bertz CT molecular complexity index is 596. The molecule has 0 atom stereocenters. The standard InChI is InChI=1S/C14H21BrN2O3S/c15-11-5-6-13(12(16)9-11)21(19,20)17-10-14(18)7-3-1-2-4-8-14/h5-6,9,17-18H,1-4,7-8,10,16H2. The molecule has 1 aliphatic carbocycles. The van der Waals surface area contributed by atoms with E-state index in [0.717, 1.165) is 30.2 Å². The van der Waals surface area contributed by atoms with Crippen molar-refractivity contribution in [2.24, 2.45) is 0 Å². The Morgan fingerprint density at radius 2 is 1.86 bits per heavy atom. The Morgan fingerprint density at radius 1 is 1.24 bits per heavy atom. The monoisotopic (exact) mass is 376 g/mol. The number of nitrogens with two attached hydrogens (primary N) is 1. The fourth-order valence-corrected chi connectivity index (χ4v) is 4.24. The van der Waals surface area contributed by atoms with Crippen LogP contribution in [0.2, 0.25) is 0 Å². The van der Waals surface area contributed by atoms with Crippen molar-refractivity contribution in [1.82, 2.24) is 4.72 Å². The van der Waals surface area contributed by atoms with Crippen LogP contribution in [-0.2, 0) is 10.0 Å². The highest BCUT2D eigenvalue weighted by Crippen LogP contribution is 2.27. The molecule has 0 aromatic heterocycles. The molecule has 5 nitrogen and oxygen atoms in total. The minimum absolute atomic E-state index is 0.0326. The Morgan fingerprint density at radius 3 is 2.43 bits per heavy atom. The van der Waals surface area contributed by atoms with E-state index in [1.165, 1.54) is 6.07 Å². The van der Waals surface area contributed by atoms with Crippen LogP contribution in [-0.4, -0.2) is 25.7 Å². The molecule has 1 aromatic carbocycles. The van der Waals surface area contributed by atoms with Gasteiger partial charge in [0.1, 0.15) is 4.90 Å². The van der Waals surface area contributed by atoms with Crippen LogP contribution in [0.4, 0.5) is 5.69 Å². The number of halogens is 1. The molecule has 0 radical (unpaired) electrons. The molecule has 0 heterocycles. The fourth-order valence-electron chi connectivity index (χ4n) is 2.63. The minimum atomic E-state index is -3.71. The lowest BCUT2D eigenvalue weighted by Crippen LogP contribution is -2.42. The molecule has 0 aliphatic heterocycles. The van der Waals surface area contributed by atoms with Gasteiger partial charge >= 0.3 is 0 Å². The van der Waals surface area contributed by atoms with Gasteiger partial charge in [-0.1, -0.05) is 41.6 Å². The molecule has 1 fully saturated rings. The number of nitrogens with one attached hydrogen (secondary N) is 1. The van der Waals surface area contributed by atoms with Gasteiger partial charge in [0.15, 0.2) is 0 Å². The van der Waals surface area contributed by atoms with Crippen molar-refractivity contribution in [1.29, 1.82) is 0 Å². The van der Waals surface area contributed by atoms with Gasteiger partial charge in [-0.2, -0.15) is 0 Å². The summed E-state index contributed by atoms with van der Waals surface area (Å²) in [7, 11) is -3.71. The van der Waals surface area contributed by atoms with Gasteiger partial charge in [0.25, 0.3) is 0 Å². The molecule has 0 unspecified atom stereocenters. The Labute approximate surface area is 134 Å². The van der Waals surface area contributed by atoms with E-state index in [1.54, 1.807) is 12.1 Å². The molecule has 0 saturated heterocycles. The van der Waals surface area contributed by atoms with E-state index < -0.39 is 15.6 Å². The zero-order valence-electron chi connectivity index (χ0n) is 11.8. The average Bonchev–Trinajstić information content (AvgIpc) is 2.62. The lowest BCUT2D eigenvalue weighted by atomic mass is 9.95. The van der Waals surface area contributed by atoms with E-state index >= 15 is 0 Å². The predicted octanol–water partition coefficient (Wildman–Crippen LogP) is 2.39. The van der Waals surface area contributed by atoms with Gasteiger partial charge in [0.2, 0.25) is 10.0 Å². The number of hydrogen-bond acceptors (Lipinski definition) is 4. The summed E-state index contributed by atoms with van der Waals surface area (Å²) in [6.07, 6.45) is 5.30. The van der Waals surface area contributed by atoms with Crippen molar-refractivity contribution in [2.45, 2.75) is 49.0 Å². The Balaban J connectivity index is 2.10. The third kappa shape index (κ3) is 4.42. The summed E-state index contributed by atoms with van der Waals surface area (Å²) in [6, 6.07) is 4.64. The third-order valence-corrected chi connectivity index (χ3v) is 5.86. The van der Waals surface area contributed by atoms with Crippen molar-refractivity contribution in [2.75, 3.05) is 12.3 Å². The molecule has 0 spiro atoms. The van der Waals surface area contributed by atoms with E-state index in [4.69, 9.17) is 5.73 Å². The molecule has 21 heavy (non-hydrogen) atoms. The fraction of sp³-hybridized carbons (Fsp3) is 0.571. The maximum absolute atomic E-state index is 12.3. The number of nitrogen functional groups attached to an aromatic ring is 1. The largest absolute Gasteiger partial charge is 0.398 e. The van der Waals surface area contributed by atoms with Gasteiger partial charge in [-0.05, 0) is 31.0 Å². The topological polar surface area (TPSA) is 92.4 Å². The zero-order chi connectivity index (χ0) is 15.5. The van der Waals surface area contributed by atoms with E-state index in [9.17, 15) is 13.5 Å². The van der Waals surface area contributed by atoms with E-state index in [2.05, 4.69) is 20.7 Å². The highest BCUT2D eigenvalue weighted by atomic mass is 79.9. The maximum Gasteiger partial charge on any atom is 0.242 e. The van der Waals surface area contributed by atoms with E-state index in [-0.39, 0.29) is 17.1 Å². The van der Waals surface area contributed by atoms with Crippen molar-refractivity contribution in [3.8, 4) is 0 Å². The summed E-state index contributed by atoms with van der Waals surface area (Å²) >= 11 is 3.25. The van der Waals surface area contributed by atoms with E-state index in [0.29, 0.717) is 12.8 Å². The first-order chi connectivity index (χ1) is 9.82. The second-order valence-electron chi connectivity index (χ2n) is 5.65. The van der Waals surface area contributed by atoms with Crippen LogP contribution in [0.3, 0.4) is 0 Å². The Kier molecular flexibility index (Phi) is 5.29. The molecule has 1 aromatic rings. The number of sulfonamides is 1. The highest BCUT2D eigenvalue weighted by molar-refractivity contribution is 9.10. The molecule has 0 amide bonds. The number of anilines is 1. The molecule has 1 aliphatic rings. The van der Waals surface area contributed by atoms with Crippen molar-refractivity contribution in [3.63, 3.8) is 0 Å². The van der Waals surface area contributed by atoms with Gasteiger partial charge in [-0.3, -0.25) is 0 Å². The number of rotatable bonds is 4. The number of hydrogen-bond donors (Lipinski definition) is 3. The summed E-state index contributed by atoms with van der Waals surface area (Å²) < 4.78 is 27.9. The highest BCUT2D eigenvalue weighted by Gasteiger charge is 2.30. The van der Waals surface area contributed by atoms with Gasteiger partial charge in [-0.25, -0.2) is 13.1 Å². The van der Waals surface area contributed by atoms with Crippen molar-refractivity contribution < 1.29 is 13.5 Å². The quantitative estimate of drug-likeness (QED) is 0.555. The van der Waals surface area contributed by atoms with Crippen LogP contribution in [0.15, 0.2) is 27.6 Å². The minimum Gasteiger partial charge on any atom is -0.398 e. The van der Waals surface area contributed by atoms with Crippen LogP contribution in [0, 0.1) is 0 Å². The van der Waals surface area contributed by atoms with Crippen LogP contribution < -0.4 is 10.5 Å². The summed E-state index contributed by atoms with van der Waals surface area (Å²) in [6.45, 7) is 0.0326. The Hall–Kier alpha value is -0.630. The van der Waals surface area contributed by atoms with Gasteiger partial charge in [-0.15, -0.1) is 0 Å². The van der Waals surface area contributed by atoms with Gasteiger partial charge < -0.3 is 10.8 Å². The summed E-state index contributed by atoms with van der Waals surface area (Å²) in [5, 5.41) is 10.5. The van der Waals surface area contributed by atoms with Crippen LogP contribution in [0.5, 0.6) is 0 Å². The van der Waals surface area contributed by atoms with Crippen LogP contribution in [0.25, 0.3) is 0 Å². The van der Waals surface area contributed by atoms with Gasteiger partial charge in [0, 0.05) is 11.0 Å². The lowest BCUT2D eigenvalue weighted by molar-refractivity contribution is 0.0303. The summed E-state index contributed by atoms with van der Waals surface area (Å²) in [5.74, 6) is 0. The molecule has 2 rings (SSSR count). The molecular formula is C14H21BrN2O3S. The average molecular weight is 377 g/mol. The molecule has 4 N–H and O–H groups in total. The first-order valence-corrected chi connectivity index (χ1v) is 9.37. The SMILES string of the molecule is Nc1cc(Br)ccc1S(=O)(=O)NCC1(O)CCCCCC1. The first kappa shape index (κ1) is 16.7. The second kappa shape index (κ2) is 6.64. The molecule has 0 bridgehead atoms.